The van der Waals surface area contributed by atoms with E-state index in [1.54, 1.807) is 32.3 Å². The molecule has 0 spiro atoms. The summed E-state index contributed by atoms with van der Waals surface area (Å²) in [6, 6.07) is 9.08. The molecule has 0 aliphatic carbocycles. The fourth-order valence-corrected chi connectivity index (χ4v) is 2.16. The molecule has 1 N–H and O–H groups in total. The number of rotatable bonds is 5. The summed E-state index contributed by atoms with van der Waals surface area (Å²) in [5, 5.41) is 2.87. The maximum atomic E-state index is 12.6. The Labute approximate surface area is 138 Å². The van der Waals surface area contributed by atoms with Crippen LogP contribution in [0.25, 0.3) is 0 Å². The molecule has 1 aromatic carbocycles. The van der Waals surface area contributed by atoms with Crippen LogP contribution in [0.1, 0.15) is 21.5 Å². The lowest BCUT2D eigenvalue weighted by molar-refractivity contribution is -0.137. The molecule has 1 amide bonds. The largest absolute Gasteiger partial charge is 0.416 e. The number of nitrogens with zero attached hydrogens (tertiary/aromatic N) is 2. The lowest BCUT2D eigenvalue weighted by Gasteiger charge is -2.12. The number of pyridine rings is 1. The Kier molecular flexibility index (Phi) is 5.43. The molecular weight excluding hydrogens is 319 g/mol. The standard InChI is InChI=1S/C17H18F3N3O/c1-23(2)16(24)13-5-3-4-12(10-13)6-8-21-15-11-14(7-9-22-15)17(18,19)20/h3-5,7,9-11H,6,8H2,1-2H3,(H,21,22). The molecule has 2 aromatic rings. The zero-order valence-corrected chi connectivity index (χ0v) is 13.4. The third-order valence-electron chi connectivity index (χ3n) is 3.39. The van der Waals surface area contributed by atoms with E-state index in [9.17, 15) is 18.0 Å². The van der Waals surface area contributed by atoms with Crippen molar-refractivity contribution in [3.05, 3.63) is 59.3 Å². The van der Waals surface area contributed by atoms with Gasteiger partial charge in [0.1, 0.15) is 5.82 Å². The monoisotopic (exact) mass is 337 g/mol. The van der Waals surface area contributed by atoms with E-state index in [-0.39, 0.29) is 11.7 Å². The van der Waals surface area contributed by atoms with E-state index in [0.29, 0.717) is 18.5 Å². The van der Waals surface area contributed by atoms with Gasteiger partial charge in [0, 0.05) is 32.4 Å². The number of nitrogens with one attached hydrogen (secondary N) is 1. The van der Waals surface area contributed by atoms with Crippen LogP contribution in [0.3, 0.4) is 0 Å². The van der Waals surface area contributed by atoms with Gasteiger partial charge in [0.2, 0.25) is 0 Å². The van der Waals surface area contributed by atoms with Crippen LogP contribution in [-0.4, -0.2) is 36.4 Å². The van der Waals surface area contributed by atoms with E-state index < -0.39 is 11.7 Å². The maximum Gasteiger partial charge on any atom is 0.416 e. The zero-order valence-electron chi connectivity index (χ0n) is 13.4. The number of benzene rings is 1. The number of alkyl halides is 3. The topological polar surface area (TPSA) is 45.2 Å². The van der Waals surface area contributed by atoms with Gasteiger partial charge in [0.15, 0.2) is 0 Å². The van der Waals surface area contributed by atoms with Crippen molar-refractivity contribution in [2.45, 2.75) is 12.6 Å². The quantitative estimate of drug-likeness (QED) is 0.909. The number of hydrogen-bond donors (Lipinski definition) is 1. The van der Waals surface area contributed by atoms with Crippen LogP contribution in [-0.2, 0) is 12.6 Å². The number of aromatic nitrogens is 1. The SMILES string of the molecule is CN(C)C(=O)c1cccc(CCNc2cc(C(F)(F)F)ccn2)c1. The Bertz CT molecular complexity index is 714. The smallest absolute Gasteiger partial charge is 0.370 e. The fraction of sp³-hybridized carbons (Fsp3) is 0.294. The first-order chi connectivity index (χ1) is 11.3. The van der Waals surface area contributed by atoms with Crippen molar-refractivity contribution in [1.29, 1.82) is 0 Å². The second-order valence-electron chi connectivity index (χ2n) is 5.50. The van der Waals surface area contributed by atoms with Crippen LogP contribution in [0, 0.1) is 0 Å². The molecule has 0 saturated carbocycles. The van der Waals surface area contributed by atoms with Gasteiger partial charge in [-0.1, -0.05) is 12.1 Å². The van der Waals surface area contributed by atoms with Crippen molar-refractivity contribution in [3.63, 3.8) is 0 Å². The predicted molar refractivity (Wildman–Crippen MR) is 85.9 cm³/mol. The van der Waals surface area contributed by atoms with Crippen molar-refractivity contribution in [2.24, 2.45) is 0 Å². The van der Waals surface area contributed by atoms with Crippen LogP contribution < -0.4 is 5.32 Å². The highest BCUT2D eigenvalue weighted by molar-refractivity contribution is 5.94. The summed E-state index contributed by atoms with van der Waals surface area (Å²) in [6.07, 6.45) is -2.70. The van der Waals surface area contributed by atoms with Gasteiger partial charge >= 0.3 is 6.18 Å². The van der Waals surface area contributed by atoms with Crippen molar-refractivity contribution in [1.82, 2.24) is 9.88 Å². The van der Waals surface area contributed by atoms with Gasteiger partial charge in [-0.05, 0) is 36.2 Å². The lowest BCUT2D eigenvalue weighted by atomic mass is 10.1. The molecular formula is C17H18F3N3O. The van der Waals surface area contributed by atoms with Gasteiger partial charge in [0.05, 0.1) is 5.56 Å². The summed E-state index contributed by atoms with van der Waals surface area (Å²) in [4.78, 5) is 17.3. The molecule has 7 heteroatoms. The van der Waals surface area contributed by atoms with E-state index in [1.807, 2.05) is 6.07 Å². The average molecular weight is 337 g/mol. The summed E-state index contributed by atoms with van der Waals surface area (Å²) in [5.41, 5.74) is 0.760. The normalized spacial score (nSPS) is 11.2. The number of halogens is 3. The number of amides is 1. The second kappa shape index (κ2) is 7.33. The summed E-state index contributed by atoms with van der Waals surface area (Å²) >= 11 is 0. The molecule has 0 atom stereocenters. The minimum Gasteiger partial charge on any atom is -0.370 e. The Balaban J connectivity index is 1.98. The van der Waals surface area contributed by atoms with E-state index in [4.69, 9.17) is 0 Å². The van der Waals surface area contributed by atoms with Gasteiger partial charge in [-0.25, -0.2) is 4.98 Å². The molecule has 1 heterocycles. The molecule has 128 valence electrons. The highest BCUT2D eigenvalue weighted by Gasteiger charge is 2.30. The Morgan fingerprint density at radius 2 is 1.96 bits per heavy atom. The first-order valence-corrected chi connectivity index (χ1v) is 7.35. The second-order valence-corrected chi connectivity index (χ2v) is 5.50. The van der Waals surface area contributed by atoms with Crippen LogP contribution in [0.15, 0.2) is 42.6 Å². The number of hydrogen-bond acceptors (Lipinski definition) is 3. The van der Waals surface area contributed by atoms with E-state index in [0.717, 1.165) is 23.9 Å². The molecule has 0 aliphatic heterocycles. The van der Waals surface area contributed by atoms with Crippen molar-refractivity contribution >= 4 is 11.7 Å². The summed E-state index contributed by atoms with van der Waals surface area (Å²) < 4.78 is 37.9. The first kappa shape index (κ1) is 17.8. The van der Waals surface area contributed by atoms with Crippen LogP contribution in [0.2, 0.25) is 0 Å². The highest BCUT2D eigenvalue weighted by atomic mass is 19.4. The number of carbonyl (C=O) groups is 1. The average Bonchev–Trinajstić information content (AvgIpc) is 2.54. The van der Waals surface area contributed by atoms with Gasteiger partial charge in [-0.3, -0.25) is 4.79 Å². The lowest BCUT2D eigenvalue weighted by Crippen LogP contribution is -2.21. The molecule has 1 aromatic heterocycles. The Morgan fingerprint density at radius 1 is 1.21 bits per heavy atom. The molecule has 0 radical (unpaired) electrons. The molecule has 4 nitrogen and oxygen atoms in total. The summed E-state index contributed by atoms with van der Waals surface area (Å²) in [7, 11) is 3.35. The number of anilines is 1. The van der Waals surface area contributed by atoms with Gasteiger partial charge in [0.25, 0.3) is 5.91 Å². The van der Waals surface area contributed by atoms with Gasteiger partial charge < -0.3 is 10.2 Å². The van der Waals surface area contributed by atoms with Crippen LogP contribution in [0.5, 0.6) is 0 Å². The van der Waals surface area contributed by atoms with Crippen LogP contribution in [0.4, 0.5) is 19.0 Å². The Morgan fingerprint density at radius 3 is 2.62 bits per heavy atom. The van der Waals surface area contributed by atoms with E-state index >= 15 is 0 Å². The minimum atomic E-state index is -4.39. The van der Waals surface area contributed by atoms with Crippen molar-refractivity contribution < 1.29 is 18.0 Å². The third-order valence-corrected chi connectivity index (χ3v) is 3.39. The number of carbonyl (C=O) groups excluding carboxylic acids is 1. The molecule has 0 bridgehead atoms. The highest BCUT2D eigenvalue weighted by Crippen LogP contribution is 2.29. The first-order valence-electron chi connectivity index (χ1n) is 7.35. The molecule has 0 aliphatic rings. The van der Waals surface area contributed by atoms with Crippen LogP contribution >= 0.6 is 0 Å². The Hall–Kier alpha value is -2.57. The molecule has 0 unspecified atom stereocenters. The van der Waals surface area contributed by atoms with Gasteiger partial charge in [-0.15, -0.1) is 0 Å². The van der Waals surface area contributed by atoms with E-state index in [1.165, 1.54) is 4.90 Å². The third kappa shape index (κ3) is 4.71. The minimum absolute atomic E-state index is 0.0932. The predicted octanol–water partition coefficient (Wildman–Crippen LogP) is 3.46. The maximum absolute atomic E-state index is 12.6. The fourth-order valence-electron chi connectivity index (χ4n) is 2.16. The molecule has 0 saturated heterocycles. The zero-order chi connectivity index (χ0) is 17.7. The summed E-state index contributed by atoms with van der Waals surface area (Å²) in [5.74, 6) is 0.0784. The van der Waals surface area contributed by atoms with Crippen molar-refractivity contribution in [3.8, 4) is 0 Å². The van der Waals surface area contributed by atoms with Crippen molar-refractivity contribution in [2.75, 3.05) is 26.0 Å². The summed E-state index contributed by atoms with van der Waals surface area (Å²) in [6.45, 7) is 0.411. The molecule has 24 heavy (non-hydrogen) atoms. The molecule has 0 fully saturated rings. The van der Waals surface area contributed by atoms with Gasteiger partial charge in [-0.2, -0.15) is 13.2 Å². The van der Waals surface area contributed by atoms with E-state index in [2.05, 4.69) is 10.3 Å². The molecule has 2 rings (SSSR count).